The molecular formula is C26H28N4O4. The summed E-state index contributed by atoms with van der Waals surface area (Å²) >= 11 is 0. The Balaban J connectivity index is 1.59. The molecule has 176 valence electrons. The third-order valence-corrected chi connectivity index (χ3v) is 6.69. The standard InChI is InChI=1S/C26H28N4O4/c1-24(2,3)29-22(32)20-26-13-12-25(4,34-26)18(21(31)28-16-9-6-5-7-10-16)19(26)23(33)30(20)17-11-8-14-27-15-17/h5-15,18-20H,1-4H3,(H,28,31)(H,29,32)/t18-,19+,20-,25-,26+/m1/s1. The summed E-state index contributed by atoms with van der Waals surface area (Å²) in [5.74, 6) is -2.66. The molecule has 1 aromatic carbocycles. The Kier molecular flexibility index (Phi) is 4.91. The van der Waals surface area contributed by atoms with Crippen molar-refractivity contribution in [2.45, 2.75) is 50.5 Å². The van der Waals surface area contributed by atoms with Gasteiger partial charge in [-0.3, -0.25) is 24.3 Å². The average Bonchev–Trinajstić information content (AvgIpc) is 3.34. The van der Waals surface area contributed by atoms with Crippen molar-refractivity contribution in [3.8, 4) is 0 Å². The number of nitrogens with one attached hydrogen (secondary N) is 2. The van der Waals surface area contributed by atoms with E-state index in [0.717, 1.165) is 0 Å². The summed E-state index contributed by atoms with van der Waals surface area (Å²) < 4.78 is 6.50. The Morgan fingerprint density at radius 3 is 2.44 bits per heavy atom. The van der Waals surface area contributed by atoms with Gasteiger partial charge < -0.3 is 15.4 Å². The van der Waals surface area contributed by atoms with E-state index < -0.39 is 34.6 Å². The van der Waals surface area contributed by atoms with Gasteiger partial charge >= 0.3 is 0 Å². The number of ether oxygens (including phenoxy) is 1. The summed E-state index contributed by atoms with van der Waals surface area (Å²) in [4.78, 5) is 46.8. The summed E-state index contributed by atoms with van der Waals surface area (Å²) in [6.07, 6.45) is 6.76. The molecule has 5 rings (SSSR count). The van der Waals surface area contributed by atoms with Crippen molar-refractivity contribution < 1.29 is 19.1 Å². The molecule has 5 atom stereocenters. The van der Waals surface area contributed by atoms with E-state index in [4.69, 9.17) is 4.74 Å². The van der Waals surface area contributed by atoms with Crippen LogP contribution in [-0.2, 0) is 19.1 Å². The van der Waals surface area contributed by atoms with Crippen molar-refractivity contribution in [3.05, 3.63) is 67.0 Å². The molecule has 2 bridgehead atoms. The van der Waals surface area contributed by atoms with Crippen LogP contribution in [0.3, 0.4) is 0 Å². The summed E-state index contributed by atoms with van der Waals surface area (Å²) in [7, 11) is 0. The number of aromatic nitrogens is 1. The molecule has 1 spiro atoms. The first-order valence-corrected chi connectivity index (χ1v) is 11.4. The summed E-state index contributed by atoms with van der Waals surface area (Å²) in [6.45, 7) is 7.44. The summed E-state index contributed by atoms with van der Waals surface area (Å²) in [5, 5.41) is 5.92. The van der Waals surface area contributed by atoms with Crippen LogP contribution in [-0.4, -0.2) is 45.5 Å². The number of anilines is 2. The van der Waals surface area contributed by atoms with E-state index in [1.54, 1.807) is 49.7 Å². The number of amides is 3. The molecule has 0 saturated carbocycles. The molecule has 3 amide bonds. The zero-order chi connectivity index (χ0) is 24.3. The molecule has 3 aliphatic heterocycles. The largest absolute Gasteiger partial charge is 0.356 e. The van der Waals surface area contributed by atoms with Gasteiger partial charge in [-0.05, 0) is 52.0 Å². The van der Waals surface area contributed by atoms with Crippen LogP contribution in [0.25, 0.3) is 0 Å². The number of benzene rings is 1. The van der Waals surface area contributed by atoms with Gasteiger partial charge in [-0.15, -0.1) is 0 Å². The molecular weight excluding hydrogens is 432 g/mol. The Hall–Kier alpha value is -3.52. The minimum absolute atomic E-state index is 0.318. The lowest BCUT2D eigenvalue weighted by molar-refractivity contribution is -0.131. The molecule has 2 saturated heterocycles. The van der Waals surface area contributed by atoms with Gasteiger partial charge in [0.15, 0.2) is 0 Å². The highest BCUT2D eigenvalue weighted by Crippen LogP contribution is 2.60. The van der Waals surface area contributed by atoms with Crippen molar-refractivity contribution in [2.75, 3.05) is 10.2 Å². The molecule has 2 aromatic rings. The molecule has 2 fully saturated rings. The first-order valence-electron chi connectivity index (χ1n) is 11.4. The second kappa shape index (κ2) is 7.50. The first kappa shape index (κ1) is 22.3. The zero-order valence-electron chi connectivity index (χ0n) is 19.6. The molecule has 8 heteroatoms. The number of carbonyl (C=O) groups is 3. The van der Waals surface area contributed by atoms with Crippen LogP contribution in [0.4, 0.5) is 11.4 Å². The van der Waals surface area contributed by atoms with E-state index in [9.17, 15) is 14.4 Å². The van der Waals surface area contributed by atoms with Gasteiger partial charge in [-0.1, -0.05) is 30.4 Å². The molecule has 4 heterocycles. The van der Waals surface area contributed by atoms with Crippen molar-refractivity contribution in [3.63, 3.8) is 0 Å². The second-order valence-electron chi connectivity index (χ2n) is 10.3. The molecule has 2 N–H and O–H groups in total. The van der Waals surface area contributed by atoms with Crippen molar-refractivity contribution >= 4 is 29.1 Å². The smallest absolute Gasteiger partial charge is 0.246 e. The van der Waals surface area contributed by atoms with Crippen LogP contribution < -0.4 is 15.5 Å². The monoisotopic (exact) mass is 460 g/mol. The van der Waals surface area contributed by atoms with Crippen LogP contribution in [0, 0.1) is 11.8 Å². The molecule has 3 aliphatic rings. The number of fused-ring (bicyclic) bond motifs is 1. The Labute approximate surface area is 198 Å². The molecule has 0 radical (unpaired) electrons. The lowest BCUT2D eigenvalue weighted by Crippen LogP contribution is -2.58. The van der Waals surface area contributed by atoms with Crippen molar-refractivity contribution in [1.82, 2.24) is 10.3 Å². The molecule has 1 aromatic heterocycles. The van der Waals surface area contributed by atoms with Crippen LogP contribution in [0.15, 0.2) is 67.0 Å². The zero-order valence-corrected chi connectivity index (χ0v) is 19.6. The molecule has 0 unspecified atom stereocenters. The number of hydrogen-bond donors (Lipinski definition) is 2. The fourth-order valence-electron chi connectivity index (χ4n) is 5.49. The van der Waals surface area contributed by atoms with Crippen LogP contribution in [0.5, 0.6) is 0 Å². The maximum absolute atomic E-state index is 14.0. The normalized spacial score (nSPS) is 31.5. The highest BCUT2D eigenvalue weighted by atomic mass is 16.5. The Morgan fingerprint density at radius 2 is 1.79 bits per heavy atom. The maximum atomic E-state index is 14.0. The van der Waals surface area contributed by atoms with Gasteiger partial charge in [0.1, 0.15) is 11.6 Å². The first-order chi connectivity index (χ1) is 16.1. The van der Waals surface area contributed by atoms with E-state index in [2.05, 4.69) is 15.6 Å². The van der Waals surface area contributed by atoms with Crippen LogP contribution >= 0.6 is 0 Å². The summed E-state index contributed by atoms with van der Waals surface area (Å²) in [6, 6.07) is 11.6. The van der Waals surface area contributed by atoms with E-state index >= 15 is 0 Å². The van der Waals surface area contributed by atoms with E-state index in [1.165, 1.54) is 4.90 Å². The van der Waals surface area contributed by atoms with Crippen molar-refractivity contribution in [2.24, 2.45) is 11.8 Å². The number of nitrogens with zero attached hydrogens (tertiary/aromatic N) is 2. The maximum Gasteiger partial charge on any atom is 0.246 e. The number of para-hydroxylation sites is 1. The number of pyridine rings is 1. The average molecular weight is 461 g/mol. The fourth-order valence-corrected chi connectivity index (χ4v) is 5.49. The van der Waals surface area contributed by atoms with Gasteiger partial charge in [0.05, 0.1) is 29.3 Å². The third kappa shape index (κ3) is 3.32. The second-order valence-corrected chi connectivity index (χ2v) is 10.3. The Bertz CT molecular complexity index is 1180. The topological polar surface area (TPSA) is 101 Å². The minimum atomic E-state index is -1.27. The number of rotatable bonds is 4. The number of hydrogen-bond acceptors (Lipinski definition) is 5. The molecule has 0 aliphatic carbocycles. The Morgan fingerprint density at radius 1 is 1.06 bits per heavy atom. The highest BCUT2D eigenvalue weighted by Gasteiger charge is 2.76. The van der Waals surface area contributed by atoms with Gasteiger partial charge in [0.25, 0.3) is 0 Å². The van der Waals surface area contributed by atoms with Crippen LogP contribution in [0.1, 0.15) is 27.7 Å². The number of carbonyl (C=O) groups excluding carboxylic acids is 3. The molecule has 34 heavy (non-hydrogen) atoms. The van der Waals surface area contributed by atoms with E-state index in [1.807, 2.05) is 45.0 Å². The predicted octanol–water partition coefficient (Wildman–Crippen LogP) is 2.68. The van der Waals surface area contributed by atoms with Gasteiger partial charge in [-0.2, -0.15) is 0 Å². The van der Waals surface area contributed by atoms with Gasteiger partial charge in [0.2, 0.25) is 17.7 Å². The predicted molar refractivity (Wildman–Crippen MR) is 127 cm³/mol. The van der Waals surface area contributed by atoms with E-state index in [0.29, 0.717) is 11.4 Å². The van der Waals surface area contributed by atoms with Gasteiger partial charge in [0, 0.05) is 17.4 Å². The summed E-state index contributed by atoms with van der Waals surface area (Å²) in [5.41, 5.74) is -1.69. The highest BCUT2D eigenvalue weighted by molar-refractivity contribution is 6.11. The SMILES string of the molecule is CC(C)(C)NC(=O)[C@H]1N(c2cccnc2)C(=O)[C@@H]2[C@H](C(=O)Nc3ccccc3)[C@@]3(C)C=C[C@]21O3. The van der Waals surface area contributed by atoms with Gasteiger partial charge in [-0.25, -0.2) is 0 Å². The third-order valence-electron chi connectivity index (χ3n) is 6.69. The van der Waals surface area contributed by atoms with E-state index in [-0.39, 0.29) is 17.7 Å². The van der Waals surface area contributed by atoms with Crippen LogP contribution in [0.2, 0.25) is 0 Å². The lowest BCUT2D eigenvalue weighted by Gasteiger charge is -2.34. The minimum Gasteiger partial charge on any atom is -0.356 e. The lowest BCUT2D eigenvalue weighted by atomic mass is 9.70. The molecule has 8 nitrogen and oxygen atoms in total. The van der Waals surface area contributed by atoms with Crippen molar-refractivity contribution in [1.29, 1.82) is 0 Å². The fraction of sp³-hybridized carbons (Fsp3) is 0.385. The quantitative estimate of drug-likeness (QED) is 0.684.